The monoisotopic (exact) mass is 233 g/mol. The number of nitrogens with zero attached hydrogens (tertiary/aromatic N) is 2. The predicted molar refractivity (Wildman–Crippen MR) is 64.8 cm³/mol. The van der Waals surface area contributed by atoms with E-state index in [2.05, 4.69) is 10.3 Å². The fourth-order valence-electron chi connectivity index (χ4n) is 1.57. The second kappa shape index (κ2) is 5.34. The van der Waals surface area contributed by atoms with Crippen LogP contribution in [0.2, 0.25) is 0 Å². The van der Waals surface area contributed by atoms with E-state index in [1.54, 1.807) is 22.9 Å². The fourth-order valence-corrected chi connectivity index (χ4v) is 1.57. The van der Waals surface area contributed by atoms with Crippen LogP contribution in [0, 0.1) is 0 Å². The quantitative estimate of drug-likeness (QED) is 0.856. The molecule has 0 aliphatic rings. The maximum absolute atomic E-state index is 11.5. The van der Waals surface area contributed by atoms with Gasteiger partial charge in [-0.1, -0.05) is 6.92 Å². The Morgan fingerprint density at radius 2 is 2.35 bits per heavy atom. The van der Waals surface area contributed by atoms with E-state index in [4.69, 9.17) is 4.42 Å². The van der Waals surface area contributed by atoms with Gasteiger partial charge in [-0.05, 0) is 12.5 Å². The zero-order valence-corrected chi connectivity index (χ0v) is 9.72. The lowest BCUT2D eigenvalue weighted by atomic mass is 10.3. The second-order valence-electron chi connectivity index (χ2n) is 3.77. The third-order valence-electron chi connectivity index (χ3n) is 2.40. The van der Waals surface area contributed by atoms with Gasteiger partial charge >= 0.3 is 0 Å². The summed E-state index contributed by atoms with van der Waals surface area (Å²) < 4.78 is 6.81. The Kier molecular flexibility index (Phi) is 3.59. The lowest BCUT2D eigenvalue weighted by molar-refractivity contribution is 0.511. The van der Waals surface area contributed by atoms with Gasteiger partial charge in [0.25, 0.3) is 5.56 Å². The average molecular weight is 233 g/mol. The number of aryl methyl sites for hydroxylation is 1. The molecule has 0 bridgehead atoms. The molecule has 2 aromatic heterocycles. The zero-order chi connectivity index (χ0) is 12.1. The largest absolute Gasteiger partial charge is 0.447 e. The van der Waals surface area contributed by atoms with Crippen molar-refractivity contribution < 1.29 is 4.42 Å². The molecule has 2 heterocycles. The van der Waals surface area contributed by atoms with Crippen LogP contribution in [0.25, 0.3) is 0 Å². The van der Waals surface area contributed by atoms with Crippen molar-refractivity contribution in [2.24, 2.45) is 0 Å². The van der Waals surface area contributed by atoms with Crippen LogP contribution in [-0.4, -0.2) is 9.55 Å². The van der Waals surface area contributed by atoms with Crippen molar-refractivity contribution >= 4 is 5.69 Å². The maximum atomic E-state index is 11.5. The summed E-state index contributed by atoms with van der Waals surface area (Å²) in [6.07, 6.45) is 5.82. The minimum absolute atomic E-state index is 0.0251. The second-order valence-corrected chi connectivity index (χ2v) is 3.77. The van der Waals surface area contributed by atoms with E-state index in [1.807, 2.05) is 13.1 Å². The van der Waals surface area contributed by atoms with E-state index in [0.29, 0.717) is 6.54 Å². The normalized spacial score (nSPS) is 10.4. The van der Waals surface area contributed by atoms with E-state index < -0.39 is 0 Å². The van der Waals surface area contributed by atoms with Crippen molar-refractivity contribution in [3.8, 4) is 0 Å². The van der Waals surface area contributed by atoms with Crippen molar-refractivity contribution in [1.82, 2.24) is 9.55 Å². The first-order chi connectivity index (χ1) is 8.29. The molecule has 90 valence electrons. The Bertz CT molecular complexity index is 517. The van der Waals surface area contributed by atoms with Crippen LogP contribution < -0.4 is 10.9 Å². The minimum atomic E-state index is 0.0251. The van der Waals surface area contributed by atoms with Gasteiger partial charge in [0.2, 0.25) is 0 Å². The highest BCUT2D eigenvalue weighted by molar-refractivity contribution is 5.40. The van der Waals surface area contributed by atoms with Crippen LogP contribution in [-0.2, 0) is 13.1 Å². The summed E-state index contributed by atoms with van der Waals surface area (Å²) in [6, 6.07) is 3.34. The molecule has 2 rings (SSSR count). The van der Waals surface area contributed by atoms with Crippen molar-refractivity contribution in [2.75, 3.05) is 5.32 Å². The maximum Gasteiger partial charge on any atom is 0.250 e. The number of pyridine rings is 1. The molecular weight excluding hydrogens is 218 g/mol. The number of anilines is 1. The SMILES string of the molecule is CCCn1cc(NCc2cnco2)ccc1=O. The summed E-state index contributed by atoms with van der Waals surface area (Å²) in [6.45, 7) is 3.34. The molecule has 0 spiro atoms. The molecule has 0 fully saturated rings. The van der Waals surface area contributed by atoms with E-state index in [-0.39, 0.29) is 5.56 Å². The van der Waals surface area contributed by atoms with Crippen LogP contribution >= 0.6 is 0 Å². The Morgan fingerprint density at radius 3 is 3.06 bits per heavy atom. The molecule has 2 aromatic rings. The smallest absolute Gasteiger partial charge is 0.250 e. The first-order valence-electron chi connectivity index (χ1n) is 5.61. The molecule has 0 amide bonds. The molecule has 0 atom stereocenters. The Morgan fingerprint density at radius 1 is 1.47 bits per heavy atom. The third-order valence-corrected chi connectivity index (χ3v) is 2.40. The van der Waals surface area contributed by atoms with Crippen LogP contribution in [0.1, 0.15) is 19.1 Å². The summed E-state index contributed by atoms with van der Waals surface area (Å²) in [5.74, 6) is 0.762. The molecule has 0 aliphatic heterocycles. The topological polar surface area (TPSA) is 60.1 Å². The van der Waals surface area contributed by atoms with Crippen LogP contribution in [0.15, 0.2) is 40.1 Å². The van der Waals surface area contributed by atoms with Gasteiger partial charge in [-0.15, -0.1) is 0 Å². The number of hydrogen-bond donors (Lipinski definition) is 1. The Balaban J connectivity index is 2.06. The summed E-state index contributed by atoms with van der Waals surface area (Å²) >= 11 is 0. The molecule has 0 aromatic carbocycles. The highest BCUT2D eigenvalue weighted by Crippen LogP contribution is 2.06. The summed E-state index contributed by atoms with van der Waals surface area (Å²) in [5.41, 5.74) is 0.923. The first kappa shape index (κ1) is 11.4. The first-order valence-corrected chi connectivity index (χ1v) is 5.61. The number of hydrogen-bond acceptors (Lipinski definition) is 4. The van der Waals surface area contributed by atoms with Crippen molar-refractivity contribution in [3.05, 3.63) is 47.0 Å². The lowest BCUT2D eigenvalue weighted by Crippen LogP contribution is -2.18. The molecule has 5 nitrogen and oxygen atoms in total. The van der Waals surface area contributed by atoms with E-state index in [1.165, 1.54) is 6.39 Å². The summed E-state index contributed by atoms with van der Waals surface area (Å²) in [5, 5.41) is 3.18. The molecule has 1 N–H and O–H groups in total. The van der Waals surface area contributed by atoms with Crippen LogP contribution in [0.5, 0.6) is 0 Å². The highest BCUT2D eigenvalue weighted by atomic mass is 16.3. The van der Waals surface area contributed by atoms with Crippen LogP contribution in [0.3, 0.4) is 0 Å². The highest BCUT2D eigenvalue weighted by Gasteiger charge is 1.99. The van der Waals surface area contributed by atoms with Gasteiger partial charge in [0, 0.05) is 18.8 Å². The molecule has 0 radical (unpaired) electrons. The molecule has 0 aliphatic carbocycles. The van der Waals surface area contributed by atoms with Gasteiger partial charge in [0.05, 0.1) is 18.4 Å². The van der Waals surface area contributed by atoms with Gasteiger partial charge in [0.15, 0.2) is 6.39 Å². The lowest BCUT2D eigenvalue weighted by Gasteiger charge is -2.08. The van der Waals surface area contributed by atoms with Gasteiger partial charge < -0.3 is 14.3 Å². The Labute approximate surface area is 99.1 Å². The Hall–Kier alpha value is -2.04. The molecule has 5 heteroatoms. The van der Waals surface area contributed by atoms with Gasteiger partial charge in [0.1, 0.15) is 5.76 Å². The number of oxazole rings is 1. The number of rotatable bonds is 5. The number of nitrogens with one attached hydrogen (secondary N) is 1. The van der Waals surface area contributed by atoms with Crippen molar-refractivity contribution in [3.63, 3.8) is 0 Å². The predicted octanol–water partition coefficient (Wildman–Crippen LogP) is 1.86. The average Bonchev–Trinajstić information content (AvgIpc) is 2.83. The van der Waals surface area contributed by atoms with E-state index in [9.17, 15) is 4.79 Å². The van der Waals surface area contributed by atoms with Gasteiger partial charge in [-0.3, -0.25) is 4.79 Å². The van der Waals surface area contributed by atoms with E-state index >= 15 is 0 Å². The minimum Gasteiger partial charge on any atom is -0.447 e. The van der Waals surface area contributed by atoms with Crippen LogP contribution in [0.4, 0.5) is 5.69 Å². The standard InChI is InChI=1S/C12H15N3O2/c1-2-5-15-8-10(3-4-12(15)16)14-7-11-6-13-9-17-11/h3-4,6,8-9,14H,2,5,7H2,1H3. The number of aromatic nitrogens is 2. The van der Waals surface area contributed by atoms with Crippen molar-refractivity contribution in [2.45, 2.75) is 26.4 Å². The molecular formula is C12H15N3O2. The van der Waals surface area contributed by atoms with Gasteiger partial charge in [-0.2, -0.15) is 0 Å². The fraction of sp³-hybridized carbons (Fsp3) is 0.333. The molecule has 17 heavy (non-hydrogen) atoms. The zero-order valence-electron chi connectivity index (χ0n) is 9.72. The van der Waals surface area contributed by atoms with Gasteiger partial charge in [-0.25, -0.2) is 4.98 Å². The third kappa shape index (κ3) is 2.96. The van der Waals surface area contributed by atoms with Crippen molar-refractivity contribution in [1.29, 1.82) is 0 Å². The molecule has 0 saturated carbocycles. The molecule has 0 unspecified atom stereocenters. The van der Waals surface area contributed by atoms with E-state index in [0.717, 1.165) is 24.4 Å². The molecule has 0 saturated heterocycles. The summed E-state index contributed by atoms with van der Waals surface area (Å²) in [7, 11) is 0. The summed E-state index contributed by atoms with van der Waals surface area (Å²) in [4.78, 5) is 15.3.